The normalized spacial score (nSPS) is 22.5. The fourth-order valence-corrected chi connectivity index (χ4v) is 1.71. The number of hydrogen-bond acceptors (Lipinski definition) is 2. The van der Waals surface area contributed by atoms with Crippen molar-refractivity contribution in [2.75, 3.05) is 11.9 Å². The predicted molar refractivity (Wildman–Crippen MR) is 52.6 cm³/mol. The zero-order chi connectivity index (χ0) is 8.81. The molecule has 0 aromatic rings. The summed E-state index contributed by atoms with van der Waals surface area (Å²) in [7, 11) is 0. The minimum atomic E-state index is -0.341. The van der Waals surface area contributed by atoms with Gasteiger partial charge in [-0.3, -0.25) is 0 Å². The number of halogens is 1. The summed E-state index contributed by atoms with van der Waals surface area (Å²) in [6.45, 7) is 0.482. The van der Waals surface area contributed by atoms with Gasteiger partial charge in [0.05, 0.1) is 18.8 Å². The molecule has 1 atom stereocenters. The second-order valence-electron chi connectivity index (χ2n) is 3.40. The highest BCUT2D eigenvalue weighted by Crippen LogP contribution is 2.20. The average Bonchev–Trinajstić information content (AvgIpc) is 2.16. The molecule has 12 heavy (non-hydrogen) atoms. The van der Waals surface area contributed by atoms with Crippen LogP contribution in [0.5, 0.6) is 0 Å². The van der Waals surface area contributed by atoms with Crippen molar-refractivity contribution in [3.63, 3.8) is 0 Å². The van der Waals surface area contributed by atoms with Crippen LogP contribution in [0.2, 0.25) is 0 Å². The molecule has 1 aliphatic carbocycles. The van der Waals surface area contributed by atoms with Gasteiger partial charge < -0.3 is 9.84 Å². The van der Waals surface area contributed by atoms with Crippen LogP contribution in [-0.4, -0.2) is 29.3 Å². The van der Waals surface area contributed by atoms with Crippen molar-refractivity contribution >= 4 is 15.9 Å². The Morgan fingerprint density at radius 1 is 1.33 bits per heavy atom. The van der Waals surface area contributed by atoms with E-state index in [2.05, 4.69) is 15.9 Å². The van der Waals surface area contributed by atoms with Crippen molar-refractivity contribution in [3.05, 3.63) is 0 Å². The summed E-state index contributed by atoms with van der Waals surface area (Å²) < 4.78 is 5.56. The van der Waals surface area contributed by atoms with Crippen LogP contribution < -0.4 is 0 Å². The Balaban J connectivity index is 2.05. The first-order valence-corrected chi connectivity index (χ1v) is 5.80. The lowest BCUT2D eigenvalue weighted by atomic mass is 9.98. The Morgan fingerprint density at radius 2 is 2.00 bits per heavy atom. The average molecular weight is 237 g/mol. The van der Waals surface area contributed by atoms with Crippen LogP contribution in [-0.2, 0) is 4.74 Å². The maximum atomic E-state index is 9.22. The highest BCUT2D eigenvalue weighted by molar-refractivity contribution is 9.09. The predicted octanol–water partition coefficient (Wildman–Crippen LogP) is 2.09. The fourth-order valence-electron chi connectivity index (χ4n) is 1.52. The number of hydrogen-bond donors (Lipinski definition) is 1. The van der Waals surface area contributed by atoms with Crippen molar-refractivity contribution in [2.24, 2.45) is 0 Å². The van der Waals surface area contributed by atoms with Crippen LogP contribution >= 0.6 is 15.9 Å². The number of ether oxygens (including phenoxy) is 1. The molecule has 1 N–H and O–H groups in total. The molecule has 1 unspecified atom stereocenters. The van der Waals surface area contributed by atoms with E-state index in [0.717, 1.165) is 0 Å². The molecule has 0 radical (unpaired) electrons. The molecule has 0 amide bonds. The van der Waals surface area contributed by atoms with Gasteiger partial charge in [0.15, 0.2) is 0 Å². The van der Waals surface area contributed by atoms with E-state index in [4.69, 9.17) is 4.74 Å². The van der Waals surface area contributed by atoms with E-state index in [0.29, 0.717) is 18.0 Å². The third kappa shape index (κ3) is 3.87. The zero-order valence-corrected chi connectivity index (χ0v) is 8.92. The van der Waals surface area contributed by atoms with Gasteiger partial charge in [0, 0.05) is 5.33 Å². The number of rotatable bonds is 4. The molecule has 0 aromatic carbocycles. The topological polar surface area (TPSA) is 29.5 Å². The SMILES string of the molecule is OC(CBr)COC1CCCCC1. The molecule has 0 aromatic heterocycles. The first kappa shape index (κ1) is 10.5. The van der Waals surface area contributed by atoms with Gasteiger partial charge in [-0.1, -0.05) is 35.2 Å². The fraction of sp³-hybridized carbons (Fsp3) is 1.00. The lowest BCUT2D eigenvalue weighted by Gasteiger charge is -2.22. The first-order chi connectivity index (χ1) is 5.83. The highest BCUT2D eigenvalue weighted by Gasteiger charge is 2.14. The monoisotopic (exact) mass is 236 g/mol. The van der Waals surface area contributed by atoms with E-state index in [-0.39, 0.29) is 6.10 Å². The molecule has 0 saturated heterocycles. The third-order valence-electron chi connectivity index (χ3n) is 2.25. The van der Waals surface area contributed by atoms with Crippen LogP contribution in [0.15, 0.2) is 0 Å². The molecule has 72 valence electrons. The molecular formula is C9H17BrO2. The summed E-state index contributed by atoms with van der Waals surface area (Å²) in [5.74, 6) is 0. The van der Waals surface area contributed by atoms with E-state index >= 15 is 0 Å². The first-order valence-electron chi connectivity index (χ1n) is 4.68. The minimum Gasteiger partial charge on any atom is -0.390 e. The van der Waals surface area contributed by atoms with Crippen LogP contribution in [0.3, 0.4) is 0 Å². The van der Waals surface area contributed by atoms with Crippen molar-refractivity contribution in [1.29, 1.82) is 0 Å². The summed E-state index contributed by atoms with van der Waals surface area (Å²) in [5.41, 5.74) is 0. The lowest BCUT2D eigenvalue weighted by Crippen LogP contribution is -2.24. The largest absolute Gasteiger partial charge is 0.390 e. The van der Waals surface area contributed by atoms with Crippen LogP contribution in [0.25, 0.3) is 0 Å². The molecule has 0 bridgehead atoms. The van der Waals surface area contributed by atoms with Gasteiger partial charge in [-0.25, -0.2) is 0 Å². The Hall–Kier alpha value is 0.400. The molecule has 3 heteroatoms. The Labute approximate surface area is 82.4 Å². The van der Waals surface area contributed by atoms with Crippen molar-refractivity contribution in [3.8, 4) is 0 Å². The van der Waals surface area contributed by atoms with Crippen LogP contribution in [0, 0.1) is 0 Å². The van der Waals surface area contributed by atoms with Crippen molar-refractivity contribution in [1.82, 2.24) is 0 Å². The van der Waals surface area contributed by atoms with Crippen LogP contribution in [0.1, 0.15) is 32.1 Å². The van der Waals surface area contributed by atoms with Gasteiger partial charge >= 0.3 is 0 Å². The summed E-state index contributed by atoms with van der Waals surface area (Å²) >= 11 is 3.21. The van der Waals surface area contributed by atoms with E-state index in [1.165, 1.54) is 32.1 Å². The Kier molecular flexibility index (Phi) is 5.19. The van der Waals surface area contributed by atoms with Gasteiger partial charge in [0.25, 0.3) is 0 Å². The van der Waals surface area contributed by atoms with Crippen LogP contribution in [0.4, 0.5) is 0 Å². The summed E-state index contributed by atoms with van der Waals surface area (Å²) in [4.78, 5) is 0. The van der Waals surface area contributed by atoms with E-state index < -0.39 is 0 Å². The Morgan fingerprint density at radius 3 is 2.58 bits per heavy atom. The maximum absolute atomic E-state index is 9.22. The van der Waals surface area contributed by atoms with Gasteiger partial charge in [0.2, 0.25) is 0 Å². The quantitative estimate of drug-likeness (QED) is 0.758. The van der Waals surface area contributed by atoms with E-state index in [9.17, 15) is 5.11 Å². The zero-order valence-electron chi connectivity index (χ0n) is 7.34. The van der Waals surface area contributed by atoms with Crippen molar-refractivity contribution in [2.45, 2.75) is 44.3 Å². The smallest absolute Gasteiger partial charge is 0.0870 e. The van der Waals surface area contributed by atoms with E-state index in [1.54, 1.807) is 0 Å². The summed E-state index contributed by atoms with van der Waals surface area (Å²) in [6.07, 6.45) is 6.34. The second kappa shape index (κ2) is 5.95. The van der Waals surface area contributed by atoms with Gasteiger partial charge in [-0.05, 0) is 12.8 Å². The number of alkyl halides is 1. The van der Waals surface area contributed by atoms with Gasteiger partial charge in [-0.15, -0.1) is 0 Å². The van der Waals surface area contributed by atoms with Gasteiger partial charge in [-0.2, -0.15) is 0 Å². The molecule has 1 aliphatic rings. The molecule has 2 nitrogen and oxygen atoms in total. The molecule has 1 saturated carbocycles. The summed E-state index contributed by atoms with van der Waals surface area (Å²) in [6, 6.07) is 0. The second-order valence-corrected chi connectivity index (χ2v) is 4.05. The summed E-state index contributed by atoms with van der Waals surface area (Å²) in [5, 5.41) is 9.83. The molecular weight excluding hydrogens is 220 g/mol. The molecule has 0 spiro atoms. The van der Waals surface area contributed by atoms with Gasteiger partial charge in [0.1, 0.15) is 0 Å². The third-order valence-corrected chi connectivity index (χ3v) is 3.00. The molecule has 1 fully saturated rings. The minimum absolute atomic E-state index is 0.341. The highest BCUT2D eigenvalue weighted by atomic mass is 79.9. The lowest BCUT2D eigenvalue weighted by molar-refractivity contribution is -0.0162. The molecule has 0 heterocycles. The van der Waals surface area contributed by atoms with Crippen molar-refractivity contribution < 1.29 is 9.84 Å². The maximum Gasteiger partial charge on any atom is 0.0870 e. The molecule has 0 aliphatic heterocycles. The Bertz CT molecular complexity index is 113. The number of aliphatic hydroxyl groups excluding tert-OH is 1. The molecule has 1 rings (SSSR count). The number of aliphatic hydroxyl groups is 1. The van der Waals surface area contributed by atoms with E-state index in [1.807, 2.05) is 0 Å². The standard InChI is InChI=1S/C9H17BrO2/c10-6-8(11)7-12-9-4-2-1-3-5-9/h8-9,11H,1-7H2.